The number of nitrogens with zero attached hydrogens (tertiary/aromatic N) is 1. The van der Waals surface area contributed by atoms with Crippen LogP contribution in [-0.2, 0) is 0 Å². The summed E-state index contributed by atoms with van der Waals surface area (Å²) in [7, 11) is 0. The van der Waals surface area contributed by atoms with Gasteiger partial charge in [-0.05, 0) is 24.1 Å². The molecule has 3 nitrogen and oxygen atoms in total. The highest BCUT2D eigenvalue weighted by atomic mass is 35.5. The van der Waals surface area contributed by atoms with E-state index in [4.69, 9.17) is 11.6 Å². The van der Waals surface area contributed by atoms with E-state index in [0.717, 1.165) is 11.1 Å². The second-order valence-electron chi connectivity index (χ2n) is 4.26. The highest BCUT2D eigenvalue weighted by molar-refractivity contribution is 6.18. The summed E-state index contributed by atoms with van der Waals surface area (Å²) in [5, 5.41) is 2.91. The summed E-state index contributed by atoms with van der Waals surface area (Å²) in [6, 6.07) is 13.1. The van der Waals surface area contributed by atoms with Gasteiger partial charge < -0.3 is 5.32 Å². The van der Waals surface area contributed by atoms with E-state index in [-0.39, 0.29) is 11.9 Å². The Morgan fingerprint density at radius 2 is 2.00 bits per heavy atom. The molecule has 0 aliphatic heterocycles. The van der Waals surface area contributed by atoms with Gasteiger partial charge in [-0.25, -0.2) is 0 Å². The number of carbonyl (C=O) groups excluding carboxylic acids is 1. The molecule has 19 heavy (non-hydrogen) atoms. The molecule has 98 valence electrons. The first-order chi connectivity index (χ1) is 9.22. The van der Waals surface area contributed by atoms with Crippen LogP contribution in [0, 0.1) is 6.92 Å². The first-order valence-corrected chi connectivity index (χ1v) is 6.59. The number of aromatic nitrogens is 1. The number of rotatable bonds is 4. The van der Waals surface area contributed by atoms with E-state index in [9.17, 15) is 4.79 Å². The zero-order valence-electron chi connectivity index (χ0n) is 10.6. The Balaban J connectivity index is 2.16. The number of hydrogen-bond donors (Lipinski definition) is 1. The Labute approximate surface area is 117 Å². The first kappa shape index (κ1) is 13.6. The van der Waals surface area contributed by atoms with Crippen molar-refractivity contribution in [3.63, 3.8) is 0 Å². The summed E-state index contributed by atoms with van der Waals surface area (Å²) in [6.45, 7) is 1.86. The molecule has 1 amide bonds. The number of halogens is 1. The fourth-order valence-corrected chi connectivity index (χ4v) is 2.10. The highest BCUT2D eigenvalue weighted by Gasteiger charge is 2.16. The summed E-state index contributed by atoms with van der Waals surface area (Å²) in [5.74, 6) is 0.120. The van der Waals surface area contributed by atoms with Gasteiger partial charge in [-0.3, -0.25) is 9.78 Å². The van der Waals surface area contributed by atoms with E-state index in [1.165, 1.54) is 0 Å². The van der Waals surface area contributed by atoms with Gasteiger partial charge in [0.15, 0.2) is 0 Å². The quantitative estimate of drug-likeness (QED) is 0.871. The minimum atomic E-state index is -0.211. The van der Waals surface area contributed by atoms with E-state index in [2.05, 4.69) is 10.3 Å². The summed E-state index contributed by atoms with van der Waals surface area (Å²) >= 11 is 5.94. The number of aryl methyl sites for hydroxylation is 1. The first-order valence-electron chi connectivity index (χ1n) is 6.05. The Bertz CT molecular complexity index is 557. The number of alkyl halides is 1. The maximum absolute atomic E-state index is 12.2. The molecule has 0 aliphatic carbocycles. The topological polar surface area (TPSA) is 42.0 Å². The Kier molecular flexibility index (Phi) is 4.53. The average molecular weight is 275 g/mol. The monoisotopic (exact) mass is 274 g/mol. The Hall–Kier alpha value is -1.87. The molecule has 1 aromatic heterocycles. The van der Waals surface area contributed by atoms with Gasteiger partial charge in [0.05, 0.1) is 6.04 Å². The van der Waals surface area contributed by atoms with Crippen LogP contribution in [0.2, 0.25) is 0 Å². The molecule has 1 N–H and O–H groups in total. The molecule has 4 heteroatoms. The Morgan fingerprint density at radius 3 is 2.63 bits per heavy atom. The fraction of sp³-hybridized carbons (Fsp3) is 0.200. The lowest BCUT2D eigenvalue weighted by Gasteiger charge is -2.16. The predicted octanol–water partition coefficient (Wildman–Crippen LogP) is 3.10. The van der Waals surface area contributed by atoms with Crippen molar-refractivity contribution in [1.29, 1.82) is 0 Å². The van der Waals surface area contributed by atoms with Crippen LogP contribution in [0.25, 0.3) is 0 Å². The minimum absolute atomic E-state index is 0.201. The average Bonchev–Trinajstić information content (AvgIpc) is 2.46. The summed E-state index contributed by atoms with van der Waals surface area (Å²) in [6.07, 6.45) is 1.61. The van der Waals surface area contributed by atoms with Crippen molar-refractivity contribution in [2.24, 2.45) is 0 Å². The largest absolute Gasteiger partial charge is 0.343 e. The number of amides is 1. The maximum Gasteiger partial charge on any atom is 0.270 e. The van der Waals surface area contributed by atoms with Crippen LogP contribution in [0.3, 0.4) is 0 Å². The molecule has 0 spiro atoms. The normalized spacial score (nSPS) is 11.9. The lowest BCUT2D eigenvalue weighted by molar-refractivity contribution is 0.0934. The highest BCUT2D eigenvalue weighted by Crippen LogP contribution is 2.15. The van der Waals surface area contributed by atoms with Gasteiger partial charge in [0.2, 0.25) is 0 Å². The van der Waals surface area contributed by atoms with Gasteiger partial charge in [0, 0.05) is 12.1 Å². The molecule has 1 unspecified atom stereocenters. The van der Waals surface area contributed by atoms with Gasteiger partial charge >= 0.3 is 0 Å². The number of hydrogen-bond acceptors (Lipinski definition) is 2. The van der Waals surface area contributed by atoms with Crippen LogP contribution in [0.1, 0.15) is 27.7 Å². The van der Waals surface area contributed by atoms with Crippen molar-refractivity contribution in [3.05, 3.63) is 65.5 Å². The second-order valence-corrected chi connectivity index (χ2v) is 4.57. The van der Waals surface area contributed by atoms with E-state index in [0.29, 0.717) is 11.6 Å². The van der Waals surface area contributed by atoms with E-state index >= 15 is 0 Å². The van der Waals surface area contributed by atoms with Crippen molar-refractivity contribution in [2.45, 2.75) is 13.0 Å². The smallest absolute Gasteiger partial charge is 0.270 e. The molecule has 0 saturated heterocycles. The van der Waals surface area contributed by atoms with Crippen LogP contribution in [0.5, 0.6) is 0 Å². The van der Waals surface area contributed by atoms with Crippen LogP contribution in [0.15, 0.2) is 48.7 Å². The molecule has 2 aromatic rings. The molecule has 0 aliphatic rings. The van der Waals surface area contributed by atoms with Gasteiger partial charge in [-0.15, -0.1) is 11.6 Å². The third-order valence-electron chi connectivity index (χ3n) is 2.89. The van der Waals surface area contributed by atoms with Gasteiger partial charge in [0.25, 0.3) is 5.91 Å². The van der Waals surface area contributed by atoms with Crippen molar-refractivity contribution < 1.29 is 4.79 Å². The molecule has 0 saturated carbocycles. The van der Waals surface area contributed by atoms with Gasteiger partial charge in [-0.1, -0.05) is 36.4 Å². The minimum Gasteiger partial charge on any atom is -0.343 e. The lowest BCUT2D eigenvalue weighted by atomic mass is 10.1. The zero-order valence-corrected chi connectivity index (χ0v) is 11.4. The van der Waals surface area contributed by atoms with Crippen molar-refractivity contribution in [1.82, 2.24) is 10.3 Å². The fourth-order valence-electron chi connectivity index (χ4n) is 1.85. The van der Waals surface area contributed by atoms with Crippen molar-refractivity contribution in [3.8, 4) is 0 Å². The van der Waals surface area contributed by atoms with Crippen LogP contribution < -0.4 is 5.32 Å². The van der Waals surface area contributed by atoms with Crippen molar-refractivity contribution >= 4 is 17.5 Å². The van der Waals surface area contributed by atoms with Crippen LogP contribution >= 0.6 is 11.6 Å². The number of carbonyl (C=O) groups is 1. The second kappa shape index (κ2) is 6.34. The maximum atomic E-state index is 12.2. The summed E-state index contributed by atoms with van der Waals surface area (Å²) < 4.78 is 0. The number of benzene rings is 1. The molecule has 0 bridgehead atoms. The molecule has 0 fully saturated rings. The van der Waals surface area contributed by atoms with Crippen LogP contribution in [-0.4, -0.2) is 16.8 Å². The standard InChI is InChI=1S/C15H15ClN2O/c1-11-6-5-9-17-14(11)15(19)18-13(10-16)12-7-3-2-4-8-12/h2-9,13H,10H2,1H3,(H,18,19). The van der Waals surface area contributed by atoms with E-state index in [1.807, 2.05) is 49.4 Å². The van der Waals surface area contributed by atoms with E-state index in [1.54, 1.807) is 6.20 Å². The lowest BCUT2D eigenvalue weighted by Crippen LogP contribution is -2.30. The number of nitrogens with one attached hydrogen (secondary N) is 1. The third-order valence-corrected chi connectivity index (χ3v) is 3.19. The molecular weight excluding hydrogens is 260 g/mol. The molecule has 1 atom stereocenters. The molecule has 2 rings (SSSR count). The SMILES string of the molecule is Cc1cccnc1C(=O)NC(CCl)c1ccccc1. The summed E-state index contributed by atoms with van der Waals surface area (Å²) in [5.41, 5.74) is 2.27. The number of pyridine rings is 1. The molecular formula is C15H15ClN2O. The zero-order chi connectivity index (χ0) is 13.7. The van der Waals surface area contributed by atoms with Crippen molar-refractivity contribution in [2.75, 3.05) is 5.88 Å². The van der Waals surface area contributed by atoms with Gasteiger partial charge in [-0.2, -0.15) is 0 Å². The van der Waals surface area contributed by atoms with Crippen LogP contribution in [0.4, 0.5) is 0 Å². The third kappa shape index (κ3) is 3.32. The molecule has 1 aromatic carbocycles. The Morgan fingerprint density at radius 1 is 1.26 bits per heavy atom. The van der Waals surface area contributed by atoms with Gasteiger partial charge in [0.1, 0.15) is 5.69 Å². The van der Waals surface area contributed by atoms with E-state index < -0.39 is 0 Å². The predicted molar refractivity (Wildman–Crippen MR) is 76.3 cm³/mol. The molecule has 0 radical (unpaired) electrons. The summed E-state index contributed by atoms with van der Waals surface area (Å²) in [4.78, 5) is 16.3. The molecule has 1 heterocycles.